The molecule has 8 nitrogen and oxygen atoms in total. The number of halogens is 1. The second-order valence-corrected chi connectivity index (χ2v) is 7.90. The molecule has 0 aliphatic heterocycles. The van der Waals surface area contributed by atoms with Crippen molar-refractivity contribution in [1.29, 1.82) is 0 Å². The highest BCUT2D eigenvalue weighted by molar-refractivity contribution is 9.10. The standard InChI is InChI=1S/C15H12BrN5O3S/c1-9-14(15-17-6-10(16)7-21(15)19-9)25(22,23)24-11-3-4-13-12(5-11)18-8-20(13)2/h3-8H,1-2H3. The molecule has 128 valence electrons. The summed E-state index contributed by atoms with van der Waals surface area (Å²) in [5, 5.41) is 4.18. The highest BCUT2D eigenvalue weighted by atomic mass is 79.9. The molecular formula is C15H12BrN5O3S. The van der Waals surface area contributed by atoms with Gasteiger partial charge >= 0.3 is 10.1 Å². The largest absolute Gasteiger partial charge is 0.379 e. The molecule has 0 unspecified atom stereocenters. The summed E-state index contributed by atoms with van der Waals surface area (Å²) in [6.45, 7) is 1.60. The van der Waals surface area contributed by atoms with Crippen LogP contribution >= 0.6 is 15.9 Å². The molecule has 0 fully saturated rings. The third-order valence-corrected chi connectivity index (χ3v) is 5.51. The van der Waals surface area contributed by atoms with E-state index in [0.717, 1.165) is 5.52 Å². The highest BCUT2D eigenvalue weighted by Gasteiger charge is 2.27. The molecule has 3 heterocycles. The molecule has 0 saturated heterocycles. The van der Waals surface area contributed by atoms with E-state index < -0.39 is 10.1 Å². The Morgan fingerprint density at radius 3 is 2.84 bits per heavy atom. The molecule has 0 aliphatic carbocycles. The summed E-state index contributed by atoms with van der Waals surface area (Å²) < 4.78 is 34.8. The number of hydrogen-bond donors (Lipinski definition) is 0. The van der Waals surface area contributed by atoms with Gasteiger partial charge in [-0.1, -0.05) is 0 Å². The zero-order chi connectivity index (χ0) is 17.8. The Morgan fingerprint density at radius 1 is 1.24 bits per heavy atom. The summed E-state index contributed by atoms with van der Waals surface area (Å²) in [7, 11) is -2.24. The Kier molecular flexibility index (Phi) is 3.55. The van der Waals surface area contributed by atoms with E-state index in [2.05, 4.69) is 31.0 Å². The van der Waals surface area contributed by atoms with E-state index in [1.54, 1.807) is 37.6 Å². The monoisotopic (exact) mass is 421 g/mol. The molecule has 1 aromatic carbocycles. The average Bonchev–Trinajstić information content (AvgIpc) is 3.06. The van der Waals surface area contributed by atoms with Gasteiger partial charge in [-0.15, -0.1) is 0 Å². The van der Waals surface area contributed by atoms with Gasteiger partial charge in [0, 0.05) is 25.5 Å². The van der Waals surface area contributed by atoms with E-state index in [0.29, 0.717) is 15.7 Å². The fourth-order valence-electron chi connectivity index (χ4n) is 2.63. The molecule has 10 heteroatoms. The molecule has 0 aliphatic rings. The van der Waals surface area contributed by atoms with Crippen molar-refractivity contribution in [3.8, 4) is 5.75 Å². The van der Waals surface area contributed by atoms with Crippen LogP contribution in [0, 0.1) is 6.92 Å². The smallest absolute Gasteiger partial charge is 0.344 e. The lowest BCUT2D eigenvalue weighted by molar-refractivity contribution is 0.486. The molecule has 4 aromatic rings. The SMILES string of the molecule is Cc1nn2cc(Br)cnc2c1S(=O)(=O)Oc1ccc2c(c1)ncn2C. The quantitative estimate of drug-likeness (QED) is 0.471. The van der Waals surface area contributed by atoms with Gasteiger partial charge in [0.15, 0.2) is 10.5 Å². The summed E-state index contributed by atoms with van der Waals surface area (Å²) >= 11 is 3.28. The number of imidazole rings is 1. The van der Waals surface area contributed by atoms with Crippen LogP contribution in [0.15, 0.2) is 46.3 Å². The maximum absolute atomic E-state index is 12.8. The van der Waals surface area contributed by atoms with Crippen LogP contribution in [-0.4, -0.2) is 32.6 Å². The zero-order valence-electron chi connectivity index (χ0n) is 13.2. The van der Waals surface area contributed by atoms with Crippen LogP contribution < -0.4 is 4.18 Å². The number of aromatic nitrogens is 5. The summed E-state index contributed by atoms with van der Waals surface area (Å²) in [4.78, 5) is 8.29. The van der Waals surface area contributed by atoms with Crippen LogP contribution in [0.3, 0.4) is 0 Å². The average molecular weight is 422 g/mol. The predicted molar refractivity (Wildman–Crippen MR) is 94.0 cm³/mol. The normalized spacial score (nSPS) is 12.1. The first kappa shape index (κ1) is 16.0. The third kappa shape index (κ3) is 2.67. The van der Waals surface area contributed by atoms with Crippen LogP contribution in [-0.2, 0) is 17.2 Å². The number of benzene rings is 1. The van der Waals surface area contributed by atoms with Crippen molar-refractivity contribution >= 4 is 42.7 Å². The highest BCUT2D eigenvalue weighted by Crippen LogP contribution is 2.26. The van der Waals surface area contributed by atoms with Gasteiger partial charge in [-0.2, -0.15) is 13.5 Å². The van der Waals surface area contributed by atoms with Gasteiger partial charge in [-0.25, -0.2) is 14.5 Å². The topological polar surface area (TPSA) is 91.4 Å². The molecular weight excluding hydrogens is 410 g/mol. The van der Waals surface area contributed by atoms with Crippen LogP contribution in [0.2, 0.25) is 0 Å². The molecule has 0 saturated carbocycles. The maximum Gasteiger partial charge on any atom is 0.344 e. The van der Waals surface area contributed by atoms with Gasteiger partial charge in [0.05, 0.1) is 27.5 Å². The molecule has 0 spiro atoms. The number of hydrogen-bond acceptors (Lipinski definition) is 6. The first-order valence-corrected chi connectivity index (χ1v) is 9.41. The lowest BCUT2D eigenvalue weighted by atomic mass is 10.3. The molecule has 25 heavy (non-hydrogen) atoms. The fraction of sp³-hybridized carbons (Fsp3) is 0.133. The van der Waals surface area contributed by atoms with E-state index in [4.69, 9.17) is 4.18 Å². The minimum Gasteiger partial charge on any atom is -0.379 e. The minimum atomic E-state index is -4.10. The lowest BCUT2D eigenvalue weighted by Gasteiger charge is -2.06. The predicted octanol–water partition coefficient (Wildman–Crippen LogP) is 2.45. The lowest BCUT2D eigenvalue weighted by Crippen LogP contribution is -2.11. The third-order valence-electron chi connectivity index (χ3n) is 3.72. The summed E-state index contributed by atoms with van der Waals surface area (Å²) in [5.74, 6) is 0.182. The van der Waals surface area contributed by atoms with Crippen molar-refractivity contribution in [3.63, 3.8) is 0 Å². The molecule has 0 atom stereocenters. The van der Waals surface area contributed by atoms with E-state index >= 15 is 0 Å². The number of fused-ring (bicyclic) bond motifs is 2. The van der Waals surface area contributed by atoms with Crippen molar-refractivity contribution in [1.82, 2.24) is 24.1 Å². The van der Waals surface area contributed by atoms with Gasteiger partial charge in [0.1, 0.15) is 5.75 Å². The van der Waals surface area contributed by atoms with Crippen LogP contribution in [0.1, 0.15) is 5.69 Å². The van der Waals surface area contributed by atoms with Gasteiger partial charge in [-0.3, -0.25) is 0 Å². The molecule has 0 radical (unpaired) electrons. The van der Waals surface area contributed by atoms with Crippen molar-refractivity contribution in [2.45, 2.75) is 11.8 Å². The van der Waals surface area contributed by atoms with E-state index in [-0.39, 0.29) is 16.3 Å². The Morgan fingerprint density at radius 2 is 2.04 bits per heavy atom. The van der Waals surface area contributed by atoms with E-state index in [1.807, 2.05) is 11.6 Å². The van der Waals surface area contributed by atoms with Crippen molar-refractivity contribution in [2.24, 2.45) is 7.05 Å². The number of rotatable bonds is 3. The molecule has 0 bridgehead atoms. The summed E-state index contributed by atoms with van der Waals surface area (Å²) in [6.07, 6.45) is 4.80. The first-order valence-electron chi connectivity index (χ1n) is 7.21. The second kappa shape index (κ2) is 5.53. The van der Waals surface area contributed by atoms with Gasteiger partial charge in [0.2, 0.25) is 0 Å². The Balaban J connectivity index is 1.80. The van der Waals surface area contributed by atoms with E-state index in [9.17, 15) is 8.42 Å². The maximum atomic E-state index is 12.8. The molecule has 0 N–H and O–H groups in total. The van der Waals surface area contributed by atoms with Crippen molar-refractivity contribution in [3.05, 3.63) is 47.1 Å². The molecule has 3 aromatic heterocycles. The van der Waals surface area contributed by atoms with Crippen LogP contribution in [0.4, 0.5) is 0 Å². The Labute approximate surface area is 151 Å². The van der Waals surface area contributed by atoms with Gasteiger partial charge < -0.3 is 8.75 Å². The molecule has 0 amide bonds. The first-order chi connectivity index (χ1) is 11.8. The van der Waals surface area contributed by atoms with E-state index in [1.165, 1.54) is 10.7 Å². The Hall–Kier alpha value is -2.46. The zero-order valence-corrected chi connectivity index (χ0v) is 15.6. The number of aryl methyl sites for hydroxylation is 2. The van der Waals surface area contributed by atoms with Gasteiger partial charge in [-0.05, 0) is 35.0 Å². The van der Waals surface area contributed by atoms with Crippen LogP contribution in [0.5, 0.6) is 5.75 Å². The Bertz CT molecular complexity index is 1230. The fourth-order valence-corrected chi connectivity index (χ4v) is 4.14. The number of nitrogens with zero attached hydrogens (tertiary/aromatic N) is 5. The second-order valence-electron chi connectivity index (χ2n) is 5.50. The van der Waals surface area contributed by atoms with Crippen molar-refractivity contribution < 1.29 is 12.6 Å². The van der Waals surface area contributed by atoms with Crippen LogP contribution in [0.25, 0.3) is 16.7 Å². The summed E-state index contributed by atoms with van der Waals surface area (Å²) in [6, 6.07) is 4.93. The van der Waals surface area contributed by atoms with Gasteiger partial charge in [0.25, 0.3) is 0 Å². The summed E-state index contributed by atoms with van der Waals surface area (Å²) in [5.41, 5.74) is 2.04. The van der Waals surface area contributed by atoms with Crippen molar-refractivity contribution in [2.75, 3.05) is 0 Å². The minimum absolute atomic E-state index is 0.0545. The molecule has 4 rings (SSSR count).